The Morgan fingerprint density at radius 3 is 2.47 bits per heavy atom. The fourth-order valence-electron chi connectivity index (χ4n) is 4.59. The van der Waals surface area contributed by atoms with Crippen molar-refractivity contribution in [1.29, 1.82) is 0 Å². The number of carbonyl (C=O) groups excluding carboxylic acids is 1. The summed E-state index contributed by atoms with van der Waals surface area (Å²) in [7, 11) is -3.71. The quantitative estimate of drug-likeness (QED) is 0.633. The molecule has 2 heterocycles. The van der Waals surface area contributed by atoms with Gasteiger partial charge in [-0.2, -0.15) is 0 Å². The third kappa shape index (κ3) is 4.85. The molecule has 172 valence electrons. The van der Waals surface area contributed by atoms with Gasteiger partial charge in [-0.05, 0) is 59.1 Å². The summed E-state index contributed by atoms with van der Waals surface area (Å²) in [5.41, 5.74) is 2.89. The van der Waals surface area contributed by atoms with Crippen molar-refractivity contribution in [2.24, 2.45) is 0 Å². The molecular weight excluding hydrogens is 492 g/mol. The topological polar surface area (TPSA) is 73.0 Å². The van der Waals surface area contributed by atoms with Gasteiger partial charge in [0, 0.05) is 68.1 Å². The molecule has 0 radical (unpaired) electrons. The molecule has 2 aromatic carbocycles. The van der Waals surface area contributed by atoms with Gasteiger partial charge in [-0.3, -0.25) is 9.69 Å². The highest BCUT2D eigenvalue weighted by Crippen LogP contribution is 2.37. The molecule has 0 saturated carbocycles. The maximum Gasteiger partial charge on any atom is 0.241 e. The summed E-state index contributed by atoms with van der Waals surface area (Å²) in [4.78, 5) is 18.5. The zero-order valence-electron chi connectivity index (χ0n) is 18.4. The van der Waals surface area contributed by atoms with Crippen molar-refractivity contribution in [1.82, 2.24) is 9.62 Å². The Kier molecular flexibility index (Phi) is 6.90. The third-order valence-corrected chi connectivity index (χ3v) is 8.61. The highest BCUT2D eigenvalue weighted by atomic mass is 79.9. The number of benzene rings is 2. The van der Waals surface area contributed by atoms with Crippen LogP contribution in [0.1, 0.15) is 19.4 Å². The smallest absolute Gasteiger partial charge is 0.241 e. The second-order valence-electron chi connectivity index (χ2n) is 8.42. The number of piperazine rings is 1. The summed E-state index contributed by atoms with van der Waals surface area (Å²) in [5, 5.41) is 0. The highest BCUT2D eigenvalue weighted by Gasteiger charge is 2.32. The largest absolute Gasteiger partial charge is 0.369 e. The number of nitrogens with zero attached hydrogens (tertiary/aromatic N) is 3. The van der Waals surface area contributed by atoms with Gasteiger partial charge in [-0.15, -0.1) is 0 Å². The lowest BCUT2D eigenvalue weighted by molar-refractivity contribution is -0.116. The van der Waals surface area contributed by atoms with Crippen molar-refractivity contribution < 1.29 is 13.2 Å². The first kappa shape index (κ1) is 23.2. The maximum atomic E-state index is 13.0. The molecule has 9 heteroatoms. The van der Waals surface area contributed by atoms with Crippen LogP contribution in [0, 0.1) is 0 Å². The summed E-state index contributed by atoms with van der Waals surface area (Å²) in [6.45, 7) is 8.11. The predicted octanol–water partition coefficient (Wildman–Crippen LogP) is 2.85. The van der Waals surface area contributed by atoms with E-state index in [-0.39, 0.29) is 16.8 Å². The van der Waals surface area contributed by atoms with Crippen LogP contribution in [-0.2, 0) is 21.2 Å². The van der Waals surface area contributed by atoms with Gasteiger partial charge in [0.15, 0.2) is 0 Å². The van der Waals surface area contributed by atoms with Gasteiger partial charge < -0.3 is 9.80 Å². The Hall–Kier alpha value is -1.94. The highest BCUT2D eigenvalue weighted by molar-refractivity contribution is 9.10. The molecule has 0 unspecified atom stereocenters. The fourth-order valence-corrected chi connectivity index (χ4v) is 6.72. The molecule has 7 nitrogen and oxygen atoms in total. The van der Waals surface area contributed by atoms with Gasteiger partial charge in [0.1, 0.15) is 0 Å². The average molecular weight is 521 g/mol. The molecule has 2 aromatic rings. The number of hydrogen-bond acceptors (Lipinski definition) is 5. The van der Waals surface area contributed by atoms with Crippen molar-refractivity contribution in [2.75, 3.05) is 49.1 Å². The van der Waals surface area contributed by atoms with E-state index in [2.05, 4.69) is 42.6 Å². The SMILES string of the molecule is CC(=O)N1c2cc(S(=O)(=O)NCCN3CCN(c4ccccc4)CC3)c(Br)cc2C[C@@H]1C. The Morgan fingerprint density at radius 2 is 1.81 bits per heavy atom. The average Bonchev–Trinajstić information content (AvgIpc) is 3.08. The Bertz CT molecular complexity index is 1090. The minimum atomic E-state index is -3.71. The van der Waals surface area contributed by atoms with Crippen molar-refractivity contribution in [2.45, 2.75) is 31.2 Å². The zero-order valence-corrected chi connectivity index (χ0v) is 20.8. The van der Waals surface area contributed by atoms with E-state index in [9.17, 15) is 13.2 Å². The second-order valence-corrected chi connectivity index (χ2v) is 11.0. The molecule has 0 bridgehead atoms. The number of carbonyl (C=O) groups is 1. The number of anilines is 2. The fraction of sp³-hybridized carbons (Fsp3) is 0.435. The molecule has 32 heavy (non-hydrogen) atoms. The van der Waals surface area contributed by atoms with E-state index in [0.717, 1.165) is 38.2 Å². The zero-order chi connectivity index (χ0) is 22.9. The first-order valence-electron chi connectivity index (χ1n) is 10.9. The van der Waals surface area contributed by atoms with Crippen molar-refractivity contribution in [3.8, 4) is 0 Å². The van der Waals surface area contributed by atoms with Crippen LogP contribution in [0.15, 0.2) is 51.8 Å². The number of sulfonamides is 1. The van der Waals surface area contributed by atoms with Crippen molar-refractivity contribution in [3.05, 3.63) is 52.5 Å². The molecule has 1 saturated heterocycles. The van der Waals surface area contributed by atoms with E-state index in [1.807, 2.05) is 31.2 Å². The second kappa shape index (κ2) is 9.51. The van der Waals surface area contributed by atoms with E-state index in [0.29, 0.717) is 23.2 Å². The molecule has 4 rings (SSSR count). The van der Waals surface area contributed by atoms with E-state index in [1.54, 1.807) is 11.0 Å². The Balaban J connectivity index is 1.36. The lowest BCUT2D eigenvalue weighted by Crippen LogP contribution is -2.48. The van der Waals surface area contributed by atoms with Crippen LogP contribution in [0.2, 0.25) is 0 Å². The molecule has 0 aromatic heterocycles. The lowest BCUT2D eigenvalue weighted by atomic mass is 10.1. The predicted molar refractivity (Wildman–Crippen MR) is 131 cm³/mol. The van der Waals surface area contributed by atoms with Crippen LogP contribution in [0.3, 0.4) is 0 Å². The first-order chi connectivity index (χ1) is 15.3. The van der Waals surface area contributed by atoms with E-state index in [1.165, 1.54) is 12.6 Å². The molecular formula is C23H29BrN4O3S. The summed E-state index contributed by atoms with van der Waals surface area (Å²) in [5.74, 6) is -0.0791. The molecule has 1 fully saturated rings. The van der Waals surface area contributed by atoms with Gasteiger partial charge in [0.05, 0.1) is 4.90 Å². The van der Waals surface area contributed by atoms with Gasteiger partial charge in [-0.25, -0.2) is 13.1 Å². The van der Waals surface area contributed by atoms with E-state index >= 15 is 0 Å². The number of para-hydroxylation sites is 1. The van der Waals surface area contributed by atoms with Gasteiger partial charge in [-0.1, -0.05) is 18.2 Å². The number of nitrogens with one attached hydrogen (secondary N) is 1. The summed E-state index contributed by atoms with van der Waals surface area (Å²) >= 11 is 3.42. The number of halogens is 1. The van der Waals surface area contributed by atoms with E-state index in [4.69, 9.17) is 0 Å². The van der Waals surface area contributed by atoms with Crippen molar-refractivity contribution in [3.63, 3.8) is 0 Å². The van der Waals surface area contributed by atoms with Crippen LogP contribution in [0.25, 0.3) is 0 Å². The normalized spacial score (nSPS) is 19.3. The van der Waals surface area contributed by atoms with Crippen LogP contribution in [0.4, 0.5) is 11.4 Å². The van der Waals surface area contributed by atoms with Crippen LogP contribution in [0.5, 0.6) is 0 Å². The molecule has 2 aliphatic heterocycles. The summed E-state index contributed by atoms with van der Waals surface area (Å²) < 4.78 is 29.3. The minimum Gasteiger partial charge on any atom is -0.369 e. The van der Waals surface area contributed by atoms with Crippen LogP contribution >= 0.6 is 15.9 Å². The van der Waals surface area contributed by atoms with Crippen LogP contribution < -0.4 is 14.5 Å². The number of amides is 1. The van der Waals surface area contributed by atoms with Gasteiger partial charge >= 0.3 is 0 Å². The molecule has 1 atom stereocenters. The van der Waals surface area contributed by atoms with Crippen molar-refractivity contribution >= 4 is 43.2 Å². The Morgan fingerprint density at radius 1 is 1.12 bits per heavy atom. The van der Waals surface area contributed by atoms with Crippen LogP contribution in [-0.4, -0.2) is 64.5 Å². The standard InChI is InChI=1S/C23H29BrN4O3S/c1-17-14-19-15-21(24)23(16-22(19)28(17)18(2)29)32(30,31)25-8-9-26-10-12-27(13-11-26)20-6-4-3-5-7-20/h3-7,15-17,25H,8-14H2,1-2H3/t17-/m0/s1. The maximum absolute atomic E-state index is 13.0. The minimum absolute atomic E-state index is 0.0230. The first-order valence-corrected chi connectivity index (χ1v) is 13.2. The third-order valence-electron chi connectivity index (χ3n) is 6.19. The lowest BCUT2D eigenvalue weighted by Gasteiger charge is -2.36. The monoisotopic (exact) mass is 520 g/mol. The number of rotatable bonds is 6. The molecule has 1 amide bonds. The molecule has 0 aliphatic carbocycles. The molecule has 0 spiro atoms. The van der Waals surface area contributed by atoms with Gasteiger partial charge in [0.25, 0.3) is 0 Å². The number of hydrogen-bond donors (Lipinski definition) is 1. The summed E-state index contributed by atoms with van der Waals surface area (Å²) in [6.07, 6.45) is 0.718. The molecule has 2 aliphatic rings. The van der Waals surface area contributed by atoms with Gasteiger partial charge in [0.2, 0.25) is 15.9 Å². The molecule has 1 N–H and O–H groups in total. The summed E-state index contributed by atoms with van der Waals surface area (Å²) in [6, 6.07) is 13.8. The van der Waals surface area contributed by atoms with E-state index < -0.39 is 10.0 Å². The number of fused-ring (bicyclic) bond motifs is 1. The Labute approximate surface area is 198 Å².